The number of rotatable bonds is 7. The van der Waals surface area contributed by atoms with E-state index in [-0.39, 0.29) is 11.4 Å². The number of hydrogen-bond donors (Lipinski definition) is 1. The van der Waals surface area contributed by atoms with Gasteiger partial charge in [0.2, 0.25) is 5.91 Å². The second kappa shape index (κ2) is 9.98. The Balaban J connectivity index is 1.76. The average Bonchev–Trinajstić information content (AvgIpc) is 2.98. The SMILES string of the molecule is CCOc1c(I)cc(/C=C2\SC(=O)N(CC(=O)Nc3ccccc3)C2=O)cc1OC. The number of thioether (sulfide) groups is 1. The summed E-state index contributed by atoms with van der Waals surface area (Å²) in [6.45, 7) is 2.03. The van der Waals surface area contributed by atoms with Crippen molar-refractivity contribution in [1.29, 1.82) is 0 Å². The highest BCUT2D eigenvalue weighted by Crippen LogP contribution is 2.37. The fourth-order valence-corrected chi connectivity index (χ4v) is 4.38. The Morgan fingerprint density at radius 2 is 1.97 bits per heavy atom. The minimum absolute atomic E-state index is 0.245. The molecule has 3 rings (SSSR count). The standard InChI is InChI=1S/C21H19IN2O5S/c1-3-29-19-15(22)9-13(10-16(19)28-2)11-17-20(26)24(21(27)30-17)12-18(25)23-14-7-5-4-6-8-14/h4-11H,3,12H2,1-2H3,(H,23,25)/b17-11-. The van der Waals surface area contributed by atoms with E-state index in [9.17, 15) is 14.4 Å². The third kappa shape index (κ3) is 5.14. The summed E-state index contributed by atoms with van der Waals surface area (Å²) in [5.74, 6) is 0.220. The minimum Gasteiger partial charge on any atom is -0.493 e. The number of carbonyl (C=O) groups excluding carboxylic acids is 3. The lowest BCUT2D eigenvalue weighted by Gasteiger charge is -2.13. The van der Waals surface area contributed by atoms with Crippen LogP contribution in [0.2, 0.25) is 0 Å². The first-order chi connectivity index (χ1) is 14.4. The van der Waals surface area contributed by atoms with Gasteiger partial charge in [-0.3, -0.25) is 19.3 Å². The summed E-state index contributed by atoms with van der Waals surface area (Å²) in [6.07, 6.45) is 1.61. The molecule has 0 aliphatic carbocycles. The van der Waals surface area contributed by atoms with E-state index >= 15 is 0 Å². The van der Waals surface area contributed by atoms with Crippen molar-refractivity contribution in [1.82, 2.24) is 4.90 Å². The number of carbonyl (C=O) groups is 3. The molecule has 30 heavy (non-hydrogen) atoms. The van der Waals surface area contributed by atoms with E-state index in [0.717, 1.165) is 20.2 Å². The second-order valence-electron chi connectivity index (χ2n) is 6.15. The largest absolute Gasteiger partial charge is 0.493 e. The zero-order valence-corrected chi connectivity index (χ0v) is 19.3. The van der Waals surface area contributed by atoms with Gasteiger partial charge in [0, 0.05) is 5.69 Å². The number of imide groups is 1. The highest BCUT2D eigenvalue weighted by molar-refractivity contribution is 14.1. The van der Waals surface area contributed by atoms with Crippen LogP contribution in [-0.2, 0) is 9.59 Å². The Hall–Kier alpha value is -2.53. The van der Waals surface area contributed by atoms with Crippen molar-refractivity contribution in [2.45, 2.75) is 6.92 Å². The minimum atomic E-state index is -0.504. The van der Waals surface area contributed by atoms with Gasteiger partial charge in [-0.15, -0.1) is 0 Å². The van der Waals surface area contributed by atoms with Crippen LogP contribution < -0.4 is 14.8 Å². The zero-order chi connectivity index (χ0) is 21.7. The molecule has 7 nitrogen and oxygen atoms in total. The van der Waals surface area contributed by atoms with Gasteiger partial charge in [-0.25, -0.2) is 0 Å². The van der Waals surface area contributed by atoms with Crippen LogP contribution in [0.25, 0.3) is 6.08 Å². The molecule has 0 spiro atoms. The van der Waals surface area contributed by atoms with Crippen LogP contribution in [0.1, 0.15) is 12.5 Å². The molecular formula is C21H19IN2O5S. The molecule has 0 saturated carbocycles. The van der Waals surface area contributed by atoms with E-state index < -0.39 is 17.1 Å². The highest BCUT2D eigenvalue weighted by Gasteiger charge is 2.36. The molecule has 2 aromatic carbocycles. The molecule has 0 bridgehead atoms. The van der Waals surface area contributed by atoms with Crippen molar-refractivity contribution in [3.05, 3.63) is 56.5 Å². The van der Waals surface area contributed by atoms with Gasteiger partial charge in [-0.05, 0) is 77.2 Å². The topological polar surface area (TPSA) is 84.9 Å². The molecule has 1 aliphatic rings. The predicted molar refractivity (Wildman–Crippen MR) is 125 cm³/mol. The normalized spacial score (nSPS) is 14.9. The lowest BCUT2D eigenvalue weighted by atomic mass is 10.2. The number of ether oxygens (including phenoxy) is 2. The number of amides is 3. The summed E-state index contributed by atoms with van der Waals surface area (Å²) in [5.41, 5.74) is 1.29. The molecule has 1 N–H and O–H groups in total. The third-order valence-corrected chi connectivity index (χ3v) is 5.78. The second-order valence-corrected chi connectivity index (χ2v) is 8.30. The quantitative estimate of drug-likeness (QED) is 0.417. The van der Waals surface area contributed by atoms with Crippen molar-refractivity contribution in [3.63, 3.8) is 0 Å². The van der Waals surface area contributed by atoms with E-state index in [4.69, 9.17) is 9.47 Å². The summed E-state index contributed by atoms with van der Waals surface area (Å²) in [7, 11) is 1.54. The average molecular weight is 538 g/mol. The van der Waals surface area contributed by atoms with Gasteiger partial charge in [0.15, 0.2) is 11.5 Å². The highest BCUT2D eigenvalue weighted by atomic mass is 127. The molecule has 3 amide bonds. The maximum atomic E-state index is 12.7. The van der Waals surface area contributed by atoms with Gasteiger partial charge in [0.25, 0.3) is 11.1 Å². The van der Waals surface area contributed by atoms with Crippen LogP contribution in [-0.4, -0.2) is 42.2 Å². The Bertz CT molecular complexity index is 1010. The van der Waals surface area contributed by atoms with Gasteiger partial charge in [0.1, 0.15) is 6.54 Å². The first-order valence-corrected chi connectivity index (χ1v) is 10.9. The van der Waals surface area contributed by atoms with E-state index in [1.807, 2.05) is 19.1 Å². The van der Waals surface area contributed by atoms with E-state index in [0.29, 0.717) is 29.4 Å². The predicted octanol–water partition coefficient (Wildman–Crippen LogP) is 4.37. The Labute approximate surface area is 191 Å². The molecule has 1 heterocycles. The molecule has 0 aromatic heterocycles. The van der Waals surface area contributed by atoms with Crippen molar-refractivity contribution >= 4 is 63.2 Å². The summed E-state index contributed by atoms with van der Waals surface area (Å²) in [4.78, 5) is 38.4. The van der Waals surface area contributed by atoms with Gasteiger partial charge in [0.05, 0.1) is 22.2 Å². The third-order valence-electron chi connectivity index (χ3n) is 4.07. The molecule has 156 valence electrons. The lowest BCUT2D eigenvalue weighted by Crippen LogP contribution is -2.36. The van der Waals surface area contributed by atoms with E-state index in [1.54, 1.807) is 36.4 Å². The first kappa shape index (κ1) is 22.2. The van der Waals surface area contributed by atoms with Gasteiger partial charge in [-0.1, -0.05) is 18.2 Å². The van der Waals surface area contributed by atoms with Crippen LogP contribution in [0.3, 0.4) is 0 Å². The molecular weight excluding hydrogens is 519 g/mol. The summed E-state index contributed by atoms with van der Waals surface area (Å²) >= 11 is 2.93. The number of para-hydroxylation sites is 1. The monoisotopic (exact) mass is 538 g/mol. The Morgan fingerprint density at radius 3 is 2.63 bits per heavy atom. The molecule has 1 saturated heterocycles. The van der Waals surface area contributed by atoms with Crippen LogP contribution >= 0.6 is 34.4 Å². The van der Waals surface area contributed by atoms with Crippen molar-refractivity contribution in [2.75, 3.05) is 25.6 Å². The molecule has 1 fully saturated rings. The van der Waals surface area contributed by atoms with Crippen molar-refractivity contribution in [2.24, 2.45) is 0 Å². The number of methoxy groups -OCH3 is 1. The van der Waals surface area contributed by atoms with Gasteiger partial charge in [-0.2, -0.15) is 0 Å². The number of halogens is 1. The molecule has 0 unspecified atom stereocenters. The number of hydrogen-bond acceptors (Lipinski definition) is 6. The Kier molecular flexibility index (Phi) is 7.38. The summed E-state index contributed by atoms with van der Waals surface area (Å²) in [6, 6.07) is 12.4. The number of nitrogens with zero attached hydrogens (tertiary/aromatic N) is 1. The Morgan fingerprint density at radius 1 is 1.23 bits per heavy atom. The van der Waals surface area contributed by atoms with Crippen LogP contribution in [0.5, 0.6) is 11.5 Å². The molecule has 9 heteroatoms. The fourth-order valence-electron chi connectivity index (χ4n) is 2.76. The number of anilines is 1. The smallest absolute Gasteiger partial charge is 0.294 e. The molecule has 0 atom stereocenters. The maximum absolute atomic E-state index is 12.7. The molecule has 2 aromatic rings. The number of benzene rings is 2. The zero-order valence-electron chi connectivity index (χ0n) is 16.3. The van der Waals surface area contributed by atoms with Crippen LogP contribution in [0.4, 0.5) is 10.5 Å². The fraction of sp³-hybridized carbons (Fsp3) is 0.190. The van der Waals surface area contributed by atoms with Crippen molar-refractivity contribution < 1.29 is 23.9 Å². The first-order valence-electron chi connectivity index (χ1n) is 9.03. The lowest BCUT2D eigenvalue weighted by molar-refractivity contribution is -0.127. The maximum Gasteiger partial charge on any atom is 0.294 e. The van der Waals surface area contributed by atoms with E-state index in [1.165, 1.54) is 7.11 Å². The van der Waals surface area contributed by atoms with Gasteiger partial charge < -0.3 is 14.8 Å². The van der Waals surface area contributed by atoms with Gasteiger partial charge >= 0.3 is 0 Å². The van der Waals surface area contributed by atoms with E-state index in [2.05, 4.69) is 27.9 Å². The number of nitrogens with one attached hydrogen (secondary N) is 1. The van der Waals surface area contributed by atoms with Crippen LogP contribution in [0, 0.1) is 3.57 Å². The molecule has 0 radical (unpaired) electrons. The summed E-state index contributed by atoms with van der Waals surface area (Å²) in [5, 5.41) is 2.19. The summed E-state index contributed by atoms with van der Waals surface area (Å²) < 4.78 is 11.8. The van der Waals surface area contributed by atoms with Crippen LogP contribution in [0.15, 0.2) is 47.4 Å². The molecule has 1 aliphatic heterocycles. The van der Waals surface area contributed by atoms with Crippen molar-refractivity contribution in [3.8, 4) is 11.5 Å².